The van der Waals surface area contributed by atoms with E-state index in [9.17, 15) is 4.21 Å². The lowest BCUT2D eigenvalue weighted by atomic mass is 10.2. The van der Waals surface area contributed by atoms with Gasteiger partial charge in [-0.3, -0.25) is 9.27 Å². The Morgan fingerprint density at radius 3 is 2.79 bits per heavy atom. The largest absolute Gasteiger partial charge is 0.289 e. The van der Waals surface area contributed by atoms with Crippen LogP contribution in [0.15, 0.2) is 36.4 Å². The molecule has 1 unspecified atom stereocenters. The van der Waals surface area contributed by atoms with Crippen LogP contribution in [-0.4, -0.2) is 13.7 Å². The van der Waals surface area contributed by atoms with E-state index in [1.165, 1.54) is 0 Å². The summed E-state index contributed by atoms with van der Waals surface area (Å²) in [5.41, 5.74) is 0.794. The minimum Gasteiger partial charge on any atom is -0.289 e. The Bertz CT molecular complexity index is 487. The molecule has 0 spiro atoms. The number of pyridine rings is 1. The van der Waals surface area contributed by atoms with Crippen LogP contribution in [0.25, 0.3) is 10.9 Å². The normalized spacial score (nSPS) is 12.6. The molecule has 0 aliphatic rings. The molecule has 5 heteroatoms. The average molecular weight is 208 g/mol. The minimum absolute atomic E-state index is 0.393. The van der Waals surface area contributed by atoms with E-state index in [-0.39, 0.29) is 0 Å². The van der Waals surface area contributed by atoms with Gasteiger partial charge in [0.05, 0.1) is 5.52 Å². The Kier molecular flexibility index (Phi) is 2.43. The van der Waals surface area contributed by atoms with E-state index in [4.69, 9.17) is 4.55 Å². The van der Waals surface area contributed by atoms with Gasteiger partial charge in [-0.25, -0.2) is 9.19 Å². The predicted molar refractivity (Wildman–Crippen MR) is 56.1 cm³/mol. The van der Waals surface area contributed by atoms with Gasteiger partial charge in [-0.15, -0.1) is 0 Å². The second kappa shape index (κ2) is 3.73. The number of para-hydroxylation sites is 1. The van der Waals surface area contributed by atoms with Crippen LogP contribution < -0.4 is 4.72 Å². The lowest BCUT2D eigenvalue weighted by molar-refractivity contribution is 0.570. The lowest BCUT2D eigenvalue weighted by Crippen LogP contribution is -2.03. The lowest BCUT2D eigenvalue weighted by Gasteiger charge is -2.01. The van der Waals surface area contributed by atoms with Gasteiger partial charge >= 0.3 is 0 Å². The van der Waals surface area contributed by atoms with Crippen molar-refractivity contribution in [2.24, 2.45) is 0 Å². The molecule has 2 N–H and O–H groups in total. The third kappa shape index (κ3) is 1.89. The van der Waals surface area contributed by atoms with Crippen molar-refractivity contribution in [3.8, 4) is 0 Å². The van der Waals surface area contributed by atoms with Crippen LogP contribution in [0.2, 0.25) is 0 Å². The number of nitrogens with zero attached hydrogens (tertiary/aromatic N) is 1. The van der Waals surface area contributed by atoms with Gasteiger partial charge in [0.2, 0.25) is 0 Å². The fourth-order valence-corrected chi connectivity index (χ4v) is 1.50. The topological polar surface area (TPSA) is 62.2 Å². The van der Waals surface area contributed by atoms with Gasteiger partial charge in [-0.1, -0.05) is 18.2 Å². The minimum atomic E-state index is -2.07. The Balaban J connectivity index is 2.46. The van der Waals surface area contributed by atoms with E-state index in [2.05, 4.69) is 9.71 Å². The molecule has 72 valence electrons. The Morgan fingerprint density at radius 2 is 2.00 bits per heavy atom. The molecule has 0 fully saturated rings. The Morgan fingerprint density at radius 1 is 1.21 bits per heavy atom. The number of benzene rings is 1. The fourth-order valence-electron chi connectivity index (χ4n) is 1.21. The summed E-state index contributed by atoms with van der Waals surface area (Å²) >= 11 is -2.07. The third-order valence-electron chi connectivity index (χ3n) is 1.79. The van der Waals surface area contributed by atoms with Crippen molar-refractivity contribution < 1.29 is 8.76 Å². The van der Waals surface area contributed by atoms with E-state index < -0.39 is 11.3 Å². The fraction of sp³-hybridized carbons (Fsp3) is 0. The highest BCUT2D eigenvalue weighted by Gasteiger charge is 1.98. The molecule has 0 amide bonds. The van der Waals surface area contributed by atoms with Crippen LogP contribution in [0.1, 0.15) is 0 Å². The number of nitrogens with one attached hydrogen (secondary N) is 1. The van der Waals surface area contributed by atoms with Gasteiger partial charge < -0.3 is 0 Å². The highest BCUT2D eigenvalue weighted by atomic mass is 32.2. The van der Waals surface area contributed by atoms with Crippen molar-refractivity contribution in [3.05, 3.63) is 36.4 Å². The summed E-state index contributed by atoms with van der Waals surface area (Å²) in [4.78, 5) is 4.15. The van der Waals surface area contributed by atoms with E-state index in [0.717, 1.165) is 10.9 Å². The number of fused-ring (bicyclic) bond motifs is 1. The molecule has 1 aromatic carbocycles. The molecule has 14 heavy (non-hydrogen) atoms. The van der Waals surface area contributed by atoms with Crippen molar-refractivity contribution in [2.45, 2.75) is 0 Å². The summed E-state index contributed by atoms with van der Waals surface area (Å²) in [5.74, 6) is 0.393. The molecular weight excluding hydrogens is 200 g/mol. The summed E-state index contributed by atoms with van der Waals surface area (Å²) in [7, 11) is 0. The standard InChI is InChI=1S/C9H8N2O2S/c12-14(13)11-9-6-5-7-3-1-2-4-8(7)10-9/h1-6H,(H,10,11)(H,12,13). The number of aromatic nitrogens is 1. The molecule has 1 heterocycles. The number of hydrogen-bond acceptors (Lipinski definition) is 2. The number of rotatable bonds is 2. The second-order valence-corrected chi connectivity index (χ2v) is 3.44. The molecular formula is C9H8N2O2S. The molecule has 2 aromatic rings. The van der Waals surface area contributed by atoms with Gasteiger partial charge in [-0.2, -0.15) is 0 Å². The highest BCUT2D eigenvalue weighted by Crippen LogP contribution is 2.14. The number of anilines is 1. The molecule has 0 aliphatic carbocycles. The first-order valence-corrected chi connectivity index (χ1v) is 5.10. The van der Waals surface area contributed by atoms with E-state index in [1.807, 2.05) is 30.3 Å². The summed E-state index contributed by atoms with van der Waals surface area (Å²) < 4.78 is 21.4. The zero-order valence-corrected chi connectivity index (χ0v) is 7.99. The molecule has 0 bridgehead atoms. The maximum atomic E-state index is 10.5. The smallest absolute Gasteiger partial charge is 0.260 e. The zero-order chi connectivity index (χ0) is 9.97. The average Bonchev–Trinajstić information content (AvgIpc) is 2.17. The molecule has 4 nitrogen and oxygen atoms in total. The molecule has 0 radical (unpaired) electrons. The summed E-state index contributed by atoms with van der Waals surface area (Å²) in [6, 6.07) is 11.1. The number of hydrogen-bond donors (Lipinski definition) is 2. The van der Waals surface area contributed by atoms with E-state index in [1.54, 1.807) is 6.07 Å². The van der Waals surface area contributed by atoms with Gasteiger partial charge in [0, 0.05) is 5.39 Å². The molecule has 2 rings (SSSR count). The first-order chi connectivity index (χ1) is 6.75. The van der Waals surface area contributed by atoms with Crippen LogP contribution in [-0.2, 0) is 11.3 Å². The van der Waals surface area contributed by atoms with Gasteiger partial charge in [0.15, 0.2) is 0 Å². The Hall–Kier alpha value is -1.46. The zero-order valence-electron chi connectivity index (χ0n) is 7.18. The third-order valence-corrected chi connectivity index (χ3v) is 2.17. The van der Waals surface area contributed by atoms with E-state index in [0.29, 0.717) is 5.82 Å². The maximum absolute atomic E-state index is 10.5. The molecule has 0 aliphatic heterocycles. The first kappa shape index (κ1) is 9.11. The maximum Gasteiger partial charge on any atom is 0.260 e. The summed E-state index contributed by atoms with van der Waals surface area (Å²) in [5, 5.41) is 1.00. The first-order valence-electron chi connectivity index (χ1n) is 3.99. The summed E-state index contributed by atoms with van der Waals surface area (Å²) in [6.07, 6.45) is 0. The van der Waals surface area contributed by atoms with Crippen LogP contribution in [0.3, 0.4) is 0 Å². The van der Waals surface area contributed by atoms with Crippen molar-refractivity contribution in [1.29, 1.82) is 0 Å². The van der Waals surface area contributed by atoms with Gasteiger partial charge in [0.25, 0.3) is 11.3 Å². The quantitative estimate of drug-likeness (QED) is 0.739. The van der Waals surface area contributed by atoms with Crippen molar-refractivity contribution in [2.75, 3.05) is 4.72 Å². The molecule has 1 atom stereocenters. The van der Waals surface area contributed by atoms with Crippen molar-refractivity contribution in [3.63, 3.8) is 0 Å². The van der Waals surface area contributed by atoms with E-state index >= 15 is 0 Å². The van der Waals surface area contributed by atoms with Crippen LogP contribution in [0.5, 0.6) is 0 Å². The molecule has 1 aromatic heterocycles. The molecule has 0 saturated carbocycles. The van der Waals surface area contributed by atoms with Gasteiger partial charge in [-0.05, 0) is 18.2 Å². The highest BCUT2D eigenvalue weighted by molar-refractivity contribution is 7.80. The van der Waals surface area contributed by atoms with Crippen molar-refractivity contribution in [1.82, 2.24) is 4.98 Å². The van der Waals surface area contributed by atoms with Gasteiger partial charge in [0.1, 0.15) is 5.82 Å². The molecule has 0 saturated heterocycles. The predicted octanol–water partition coefficient (Wildman–Crippen LogP) is 1.78. The van der Waals surface area contributed by atoms with Crippen LogP contribution in [0.4, 0.5) is 5.82 Å². The Labute approximate surface area is 83.4 Å². The SMILES string of the molecule is O=S(O)Nc1ccc2ccccc2n1. The summed E-state index contributed by atoms with van der Waals surface area (Å²) in [6.45, 7) is 0. The monoisotopic (exact) mass is 208 g/mol. The van der Waals surface area contributed by atoms with Crippen molar-refractivity contribution >= 4 is 28.0 Å². The van der Waals surface area contributed by atoms with Crippen LogP contribution >= 0.6 is 0 Å². The van der Waals surface area contributed by atoms with Crippen LogP contribution in [0, 0.1) is 0 Å². The second-order valence-electron chi connectivity index (χ2n) is 2.74.